The number of furan rings is 4. The van der Waals surface area contributed by atoms with Gasteiger partial charge in [-0.15, -0.1) is 0 Å². The van der Waals surface area contributed by atoms with Crippen LogP contribution in [0.4, 0.5) is 34.1 Å². The second-order valence-corrected chi connectivity index (χ2v) is 23.1. The summed E-state index contributed by atoms with van der Waals surface area (Å²) in [6.45, 7) is 4.34. The van der Waals surface area contributed by atoms with Gasteiger partial charge in [-0.2, -0.15) is 0 Å². The summed E-state index contributed by atoms with van der Waals surface area (Å²) in [4.78, 5) is 4.68. The van der Waals surface area contributed by atoms with Crippen LogP contribution in [0.3, 0.4) is 0 Å². The Bertz CT molecular complexity index is 5660. The van der Waals surface area contributed by atoms with Gasteiger partial charge in [0, 0.05) is 87.4 Å². The first kappa shape index (κ1) is 47.9. The minimum atomic E-state index is 0.834. The largest absolute Gasteiger partial charge is 0.454 e. The zero-order valence-corrected chi connectivity index (χ0v) is 47.3. The predicted molar refractivity (Wildman–Crippen MR) is 360 cm³/mol. The number of aromatic nitrogens is 1. The van der Waals surface area contributed by atoms with E-state index in [1.165, 1.54) is 0 Å². The number of nitrogens with zero attached hydrogens (tertiary/aromatic N) is 3. The van der Waals surface area contributed by atoms with Gasteiger partial charge in [-0.3, -0.25) is 0 Å². The second-order valence-electron chi connectivity index (χ2n) is 23.1. The Morgan fingerprint density at radius 1 is 0.264 bits per heavy atom. The Balaban J connectivity index is 0.846. The molecule has 0 radical (unpaired) electrons. The molecule has 0 unspecified atom stereocenters. The van der Waals surface area contributed by atoms with Crippen LogP contribution in [0.1, 0.15) is 11.1 Å². The van der Waals surface area contributed by atoms with Crippen molar-refractivity contribution in [3.05, 3.63) is 272 Å². The molecule has 0 spiro atoms. The smallest absolute Gasteiger partial charge is 0.160 e. The highest BCUT2D eigenvalue weighted by atomic mass is 16.3. The van der Waals surface area contributed by atoms with E-state index in [1.807, 2.05) is 12.1 Å². The molecule has 408 valence electrons. The normalized spacial score (nSPS) is 12.3. The summed E-state index contributed by atoms with van der Waals surface area (Å²) in [7, 11) is 0. The van der Waals surface area contributed by atoms with Crippen molar-refractivity contribution < 1.29 is 17.7 Å². The van der Waals surface area contributed by atoms with Crippen molar-refractivity contribution in [3.8, 4) is 22.3 Å². The maximum absolute atomic E-state index is 7.15. The van der Waals surface area contributed by atoms with Gasteiger partial charge >= 0.3 is 0 Å². The van der Waals surface area contributed by atoms with Crippen molar-refractivity contribution in [2.45, 2.75) is 13.8 Å². The molecule has 19 rings (SSSR count). The van der Waals surface area contributed by atoms with Gasteiger partial charge in [0.2, 0.25) is 0 Å². The van der Waals surface area contributed by atoms with E-state index in [0.29, 0.717) is 0 Å². The van der Waals surface area contributed by atoms with Crippen LogP contribution in [0.5, 0.6) is 0 Å². The SMILES string of the molecule is Cc1ccc2c(oc3ccccc32)c1N(c1ccccc1)c1ccc(-c2cc3c4ccccc4oc3c3c2c2cccc4c5c(-c6ccc(N(c7ccccc7)c7c(C)ccc8c7oc7ccccc78)cc6)cc6c7ccccc7oc6c5n3c24)cc1. The molecule has 6 aromatic heterocycles. The number of hydrogen-bond donors (Lipinski definition) is 0. The molecule has 0 aliphatic rings. The topological polar surface area (TPSA) is 63.5 Å². The minimum Gasteiger partial charge on any atom is -0.454 e. The molecule has 0 saturated carbocycles. The van der Waals surface area contributed by atoms with E-state index in [4.69, 9.17) is 17.7 Å². The summed E-state index contributed by atoms with van der Waals surface area (Å²) in [6.07, 6.45) is 0. The zero-order valence-electron chi connectivity index (χ0n) is 47.3. The third kappa shape index (κ3) is 6.76. The molecular formula is C80H49N3O4. The fourth-order valence-corrected chi connectivity index (χ4v) is 14.5. The van der Waals surface area contributed by atoms with Crippen molar-refractivity contribution in [3.63, 3.8) is 0 Å². The highest BCUT2D eigenvalue weighted by molar-refractivity contribution is 6.35. The molecule has 0 amide bonds. The number of anilines is 6. The Morgan fingerprint density at radius 2 is 0.598 bits per heavy atom. The van der Waals surface area contributed by atoms with Gasteiger partial charge in [0.1, 0.15) is 22.3 Å². The van der Waals surface area contributed by atoms with Crippen molar-refractivity contribution >= 4 is 160 Å². The van der Waals surface area contributed by atoms with Crippen molar-refractivity contribution in [1.82, 2.24) is 4.40 Å². The zero-order chi connectivity index (χ0) is 57.2. The van der Waals surface area contributed by atoms with Crippen LogP contribution in [0.2, 0.25) is 0 Å². The molecule has 0 saturated heterocycles. The van der Waals surface area contributed by atoms with Crippen LogP contribution >= 0.6 is 0 Å². The third-order valence-corrected chi connectivity index (χ3v) is 18.3. The molecule has 19 aromatic rings. The number of fused-ring (bicyclic) bond motifs is 20. The lowest BCUT2D eigenvalue weighted by Crippen LogP contribution is -2.11. The summed E-state index contributed by atoms with van der Waals surface area (Å²) in [5.41, 5.74) is 22.7. The number of benzene rings is 13. The van der Waals surface area contributed by atoms with Crippen molar-refractivity contribution in [2.24, 2.45) is 0 Å². The maximum Gasteiger partial charge on any atom is 0.160 e. The van der Waals surface area contributed by atoms with E-state index in [-0.39, 0.29) is 0 Å². The minimum absolute atomic E-state index is 0.834. The molecule has 13 aromatic carbocycles. The number of para-hydroxylation sites is 7. The Morgan fingerprint density at radius 3 is 1.00 bits per heavy atom. The molecule has 7 nitrogen and oxygen atoms in total. The van der Waals surface area contributed by atoms with Crippen LogP contribution < -0.4 is 9.80 Å². The highest BCUT2D eigenvalue weighted by Crippen LogP contribution is 2.53. The highest BCUT2D eigenvalue weighted by Gasteiger charge is 2.30. The maximum atomic E-state index is 7.15. The average molecular weight is 1120 g/mol. The monoisotopic (exact) mass is 1120 g/mol. The number of rotatable bonds is 8. The fraction of sp³-hybridized carbons (Fsp3) is 0.0250. The molecule has 87 heavy (non-hydrogen) atoms. The summed E-state index contributed by atoms with van der Waals surface area (Å²) in [5.74, 6) is 0. The average Bonchev–Trinajstić information content (AvgIpc) is 1.58. The lowest BCUT2D eigenvalue weighted by atomic mass is 9.94. The summed E-state index contributed by atoms with van der Waals surface area (Å²) >= 11 is 0. The first-order valence-corrected chi connectivity index (χ1v) is 29.6. The lowest BCUT2D eigenvalue weighted by molar-refractivity contribution is 0.668. The van der Waals surface area contributed by atoms with Crippen LogP contribution in [0.25, 0.3) is 148 Å². The van der Waals surface area contributed by atoms with E-state index in [2.05, 4.69) is 277 Å². The van der Waals surface area contributed by atoms with Crippen LogP contribution in [-0.4, -0.2) is 4.40 Å². The summed E-state index contributed by atoms with van der Waals surface area (Å²) in [5, 5.41) is 13.1. The van der Waals surface area contributed by atoms with Gasteiger partial charge in [-0.1, -0.05) is 176 Å². The Kier molecular flexibility index (Phi) is 9.90. The molecule has 0 fully saturated rings. The van der Waals surface area contributed by atoms with E-state index < -0.39 is 0 Å². The summed E-state index contributed by atoms with van der Waals surface area (Å²) < 4.78 is 30.3. The van der Waals surface area contributed by atoms with Gasteiger partial charge in [0.15, 0.2) is 22.3 Å². The third-order valence-electron chi connectivity index (χ3n) is 18.3. The summed E-state index contributed by atoms with van der Waals surface area (Å²) in [6, 6.07) is 93.2. The quantitative estimate of drug-likeness (QED) is 0.151. The van der Waals surface area contributed by atoms with E-state index >= 15 is 0 Å². The number of aryl methyl sites for hydroxylation is 2. The van der Waals surface area contributed by atoms with E-state index in [1.54, 1.807) is 0 Å². The predicted octanol–water partition coefficient (Wildman–Crippen LogP) is 23.3. The molecule has 0 atom stereocenters. The van der Waals surface area contributed by atoms with E-state index in [0.717, 1.165) is 193 Å². The first-order valence-electron chi connectivity index (χ1n) is 29.6. The van der Waals surface area contributed by atoms with Crippen LogP contribution in [-0.2, 0) is 0 Å². The molecular weight excluding hydrogens is 1070 g/mol. The van der Waals surface area contributed by atoms with Gasteiger partial charge in [-0.05, 0) is 132 Å². The second kappa shape index (κ2) is 18.0. The molecule has 0 aliphatic heterocycles. The molecule has 0 N–H and O–H groups in total. The van der Waals surface area contributed by atoms with Gasteiger partial charge in [0.05, 0.1) is 27.9 Å². The van der Waals surface area contributed by atoms with Crippen LogP contribution in [0, 0.1) is 13.8 Å². The van der Waals surface area contributed by atoms with Crippen molar-refractivity contribution in [1.29, 1.82) is 0 Å². The lowest BCUT2D eigenvalue weighted by Gasteiger charge is -2.27. The standard InChI is InChI=1S/C80H49N3O4/c1-46-32-42-58-54-22-9-13-28-66(54)84-77(58)72(46)81(50-18-5-3-6-19-50)52-38-34-48(35-39-52)62-44-64-56-24-11-15-30-68(56)86-79(64)75-70(62)60-26-17-27-61-71-63(45-65-57-25-12-16-31-69(57)87-80(65)76(71)83(75)74(60)61)49-36-40-53(41-37-49)82(51-20-7-4-8-21-51)73-47(2)33-43-59-55-23-10-14-29-67(55)85-78(59)73/h3-45H,1-2H3. The van der Waals surface area contributed by atoms with Crippen molar-refractivity contribution in [2.75, 3.05) is 9.80 Å². The van der Waals surface area contributed by atoms with Gasteiger partial charge in [-0.25, -0.2) is 0 Å². The Hall–Kier alpha value is -11.5. The molecule has 6 heterocycles. The first-order chi connectivity index (χ1) is 43.0. The molecule has 7 heteroatoms. The molecule has 0 aliphatic carbocycles. The van der Waals surface area contributed by atoms with Gasteiger partial charge < -0.3 is 31.9 Å². The number of hydrogen-bond acceptors (Lipinski definition) is 6. The van der Waals surface area contributed by atoms with E-state index in [9.17, 15) is 0 Å². The fourth-order valence-electron chi connectivity index (χ4n) is 14.5. The Labute approximate surface area is 497 Å². The van der Waals surface area contributed by atoms with Gasteiger partial charge in [0.25, 0.3) is 0 Å². The van der Waals surface area contributed by atoms with Crippen LogP contribution in [0.15, 0.2) is 279 Å². The molecule has 0 bridgehead atoms.